The van der Waals surface area contributed by atoms with E-state index in [1.54, 1.807) is 0 Å². The number of aliphatic hydroxyl groups is 1. The molecule has 2 heterocycles. The molecule has 2 atom stereocenters. The quantitative estimate of drug-likeness (QED) is 0.202. The summed E-state index contributed by atoms with van der Waals surface area (Å²) < 4.78 is 24.2. The van der Waals surface area contributed by atoms with Gasteiger partial charge in [-0.15, -0.1) is 0 Å². The van der Waals surface area contributed by atoms with Crippen LogP contribution >= 0.6 is 15.9 Å². The normalized spacial score (nSPS) is 18.6. The third kappa shape index (κ3) is 6.38. The number of fused-ring (bicyclic) bond motifs is 1. The van der Waals surface area contributed by atoms with Crippen molar-refractivity contribution in [3.8, 4) is 17.2 Å². The highest BCUT2D eigenvalue weighted by atomic mass is 79.9. The Morgan fingerprint density at radius 2 is 1.70 bits per heavy atom. The van der Waals surface area contributed by atoms with Gasteiger partial charge >= 0.3 is 0 Å². The van der Waals surface area contributed by atoms with Crippen LogP contribution in [0.25, 0.3) is 0 Å². The Hall–Kier alpha value is -4.34. The second-order valence-corrected chi connectivity index (χ2v) is 11.3. The van der Waals surface area contributed by atoms with Crippen molar-refractivity contribution >= 4 is 27.7 Å². The first-order chi connectivity index (χ1) is 21.0. The van der Waals surface area contributed by atoms with Gasteiger partial charge in [-0.3, -0.25) is 4.79 Å². The van der Waals surface area contributed by atoms with E-state index in [0.717, 1.165) is 26.7 Å². The van der Waals surface area contributed by atoms with Crippen LogP contribution in [0.1, 0.15) is 34.8 Å². The van der Waals surface area contributed by atoms with E-state index in [2.05, 4.69) is 21.2 Å². The van der Waals surface area contributed by atoms with Gasteiger partial charge in [-0.05, 0) is 65.2 Å². The highest BCUT2D eigenvalue weighted by molar-refractivity contribution is 9.10. The van der Waals surface area contributed by atoms with E-state index in [1.165, 1.54) is 0 Å². The Kier molecular flexibility index (Phi) is 8.62. The minimum atomic E-state index is -1.29. The molecule has 0 unspecified atom stereocenters. The maximum absolute atomic E-state index is 14.4. The van der Waals surface area contributed by atoms with Crippen molar-refractivity contribution in [3.05, 3.63) is 124 Å². The molecular formula is C34H31BrN2O6. The van der Waals surface area contributed by atoms with E-state index in [0.29, 0.717) is 42.6 Å². The molecule has 0 aliphatic carbocycles. The number of aliphatic imine (C=N–C) groups is 1. The van der Waals surface area contributed by atoms with Crippen LogP contribution in [0.3, 0.4) is 0 Å². The van der Waals surface area contributed by atoms with Gasteiger partial charge in [0.15, 0.2) is 23.1 Å². The molecule has 1 amide bonds. The number of halogens is 1. The van der Waals surface area contributed by atoms with E-state index in [9.17, 15) is 4.79 Å². The number of ether oxygens (including phenoxy) is 4. The van der Waals surface area contributed by atoms with Crippen LogP contribution in [0.4, 0.5) is 0 Å². The molecule has 220 valence electrons. The topological polar surface area (TPSA) is 98.6 Å². The van der Waals surface area contributed by atoms with Crippen molar-refractivity contribution in [2.24, 2.45) is 4.99 Å². The minimum Gasteiger partial charge on any atom is -0.494 e. The van der Waals surface area contributed by atoms with E-state index in [4.69, 9.17) is 29.0 Å². The molecule has 43 heavy (non-hydrogen) atoms. The Labute approximate surface area is 258 Å². The van der Waals surface area contributed by atoms with Crippen LogP contribution in [-0.4, -0.2) is 42.5 Å². The van der Waals surface area contributed by atoms with E-state index in [-0.39, 0.29) is 25.9 Å². The fraction of sp³-hybridized carbons (Fsp3) is 0.235. The van der Waals surface area contributed by atoms with Crippen molar-refractivity contribution in [3.63, 3.8) is 0 Å². The highest BCUT2D eigenvalue weighted by Crippen LogP contribution is 2.43. The molecule has 0 saturated heterocycles. The number of nitrogens with zero attached hydrogens (tertiary/aromatic N) is 1. The van der Waals surface area contributed by atoms with Gasteiger partial charge in [-0.2, -0.15) is 0 Å². The van der Waals surface area contributed by atoms with Gasteiger partial charge in [0, 0.05) is 36.0 Å². The standard InChI is InChI=1S/C34H31BrN2O6/c35-27-12-7-23(8-13-27)20-34(33(39)36-21-24-9-16-29-30(19-24)42-22-41-29)31(25-5-2-1-3-6-25)43-32(37-34)26-10-14-28(15-11-26)40-18-4-17-38/h1-3,5-16,19,31,38H,4,17-18,20-22H2,(H,36,39)/t31-,34-/m1/s1. The molecule has 0 aromatic heterocycles. The molecule has 0 bridgehead atoms. The van der Waals surface area contributed by atoms with Crippen molar-refractivity contribution in [1.29, 1.82) is 0 Å². The van der Waals surface area contributed by atoms with Crippen molar-refractivity contribution in [2.75, 3.05) is 20.0 Å². The third-order valence-electron chi connectivity index (χ3n) is 7.41. The zero-order valence-corrected chi connectivity index (χ0v) is 25.0. The Morgan fingerprint density at radius 3 is 2.47 bits per heavy atom. The zero-order valence-electron chi connectivity index (χ0n) is 23.4. The largest absolute Gasteiger partial charge is 0.494 e. The molecule has 4 aromatic rings. The predicted molar refractivity (Wildman–Crippen MR) is 165 cm³/mol. The molecule has 2 aliphatic heterocycles. The van der Waals surface area contributed by atoms with Crippen LogP contribution in [0.5, 0.6) is 17.2 Å². The number of carbonyl (C=O) groups excluding carboxylic acids is 1. The van der Waals surface area contributed by atoms with E-state index in [1.807, 2.05) is 97.1 Å². The lowest BCUT2D eigenvalue weighted by atomic mass is 9.82. The molecule has 4 aromatic carbocycles. The number of nitrogens with one attached hydrogen (secondary N) is 1. The average Bonchev–Trinajstić information content (AvgIpc) is 3.67. The lowest BCUT2D eigenvalue weighted by molar-refractivity contribution is -0.129. The van der Waals surface area contributed by atoms with Gasteiger partial charge in [0.25, 0.3) is 5.91 Å². The second-order valence-electron chi connectivity index (χ2n) is 10.4. The minimum absolute atomic E-state index is 0.0702. The van der Waals surface area contributed by atoms with Gasteiger partial charge in [-0.1, -0.05) is 64.5 Å². The first-order valence-corrected chi connectivity index (χ1v) is 14.9. The lowest BCUT2D eigenvalue weighted by Gasteiger charge is -2.31. The van der Waals surface area contributed by atoms with Crippen molar-refractivity contribution in [2.45, 2.75) is 31.0 Å². The maximum atomic E-state index is 14.4. The molecule has 8 nitrogen and oxygen atoms in total. The van der Waals surface area contributed by atoms with E-state index >= 15 is 0 Å². The Balaban J connectivity index is 1.36. The number of amides is 1. The van der Waals surface area contributed by atoms with E-state index < -0.39 is 11.6 Å². The maximum Gasteiger partial charge on any atom is 0.252 e. The van der Waals surface area contributed by atoms with Gasteiger partial charge in [-0.25, -0.2) is 4.99 Å². The summed E-state index contributed by atoms with van der Waals surface area (Å²) in [5, 5.41) is 12.2. The number of hydrogen-bond donors (Lipinski definition) is 2. The highest BCUT2D eigenvalue weighted by Gasteiger charge is 2.53. The van der Waals surface area contributed by atoms with Crippen molar-refractivity contribution in [1.82, 2.24) is 5.32 Å². The average molecular weight is 644 g/mol. The first-order valence-electron chi connectivity index (χ1n) is 14.1. The van der Waals surface area contributed by atoms with Gasteiger partial charge < -0.3 is 29.4 Å². The van der Waals surface area contributed by atoms with Crippen LogP contribution < -0.4 is 19.5 Å². The number of carbonyl (C=O) groups is 1. The summed E-state index contributed by atoms with van der Waals surface area (Å²) in [5.41, 5.74) is 2.12. The summed E-state index contributed by atoms with van der Waals surface area (Å²) in [6.45, 7) is 0.957. The Morgan fingerprint density at radius 1 is 0.953 bits per heavy atom. The molecular weight excluding hydrogens is 612 g/mol. The molecule has 0 radical (unpaired) electrons. The molecule has 0 spiro atoms. The zero-order chi connectivity index (χ0) is 29.6. The Bertz CT molecular complexity index is 1590. The van der Waals surface area contributed by atoms with Gasteiger partial charge in [0.2, 0.25) is 12.7 Å². The molecule has 0 fully saturated rings. The summed E-state index contributed by atoms with van der Waals surface area (Å²) in [6.07, 6.45) is 0.194. The first kappa shape index (κ1) is 28.8. The van der Waals surface area contributed by atoms with Crippen LogP contribution in [0.2, 0.25) is 0 Å². The monoisotopic (exact) mass is 642 g/mol. The number of benzene rings is 4. The molecule has 2 aliphatic rings. The fourth-order valence-corrected chi connectivity index (χ4v) is 5.47. The summed E-state index contributed by atoms with van der Waals surface area (Å²) in [7, 11) is 0. The summed E-state index contributed by atoms with van der Waals surface area (Å²) >= 11 is 3.51. The van der Waals surface area contributed by atoms with Crippen LogP contribution in [0.15, 0.2) is 107 Å². The van der Waals surface area contributed by atoms with Crippen molar-refractivity contribution < 1.29 is 28.8 Å². The SMILES string of the molecule is O=C(NCc1ccc2c(c1)OCO2)[C@]1(Cc2ccc(Br)cc2)N=C(c2ccc(OCCCO)cc2)O[C@@H]1c1ccccc1. The number of aliphatic hydroxyl groups excluding tert-OH is 1. The predicted octanol–water partition coefficient (Wildman–Crippen LogP) is 5.76. The van der Waals surface area contributed by atoms with Crippen LogP contribution in [-0.2, 0) is 22.5 Å². The smallest absolute Gasteiger partial charge is 0.252 e. The summed E-state index contributed by atoms with van der Waals surface area (Å²) in [6, 6.07) is 30.7. The lowest BCUT2D eigenvalue weighted by Crippen LogP contribution is -2.49. The second kappa shape index (κ2) is 12.9. The molecule has 6 rings (SSSR count). The molecule has 2 N–H and O–H groups in total. The number of rotatable bonds is 11. The summed E-state index contributed by atoms with van der Waals surface area (Å²) in [5.74, 6) is 2.16. The third-order valence-corrected chi connectivity index (χ3v) is 7.94. The summed E-state index contributed by atoms with van der Waals surface area (Å²) in [4.78, 5) is 19.5. The molecule has 0 saturated carbocycles. The van der Waals surface area contributed by atoms with Crippen LogP contribution in [0, 0.1) is 0 Å². The van der Waals surface area contributed by atoms with Gasteiger partial charge in [0.05, 0.1) is 6.61 Å². The fourth-order valence-electron chi connectivity index (χ4n) is 5.21. The molecule has 9 heteroatoms. The number of hydrogen-bond acceptors (Lipinski definition) is 7. The van der Waals surface area contributed by atoms with Gasteiger partial charge in [0.1, 0.15) is 5.75 Å².